The summed E-state index contributed by atoms with van der Waals surface area (Å²) in [6, 6.07) is 7.69. The maximum absolute atomic E-state index is 8.95. The molecule has 1 saturated heterocycles. The second-order valence-corrected chi connectivity index (χ2v) is 3.90. The van der Waals surface area contributed by atoms with Crippen LogP contribution in [0.1, 0.15) is 12.5 Å². The van der Waals surface area contributed by atoms with E-state index in [0.717, 1.165) is 24.7 Å². The molecule has 14 heavy (non-hydrogen) atoms. The van der Waals surface area contributed by atoms with Crippen LogP contribution in [-0.4, -0.2) is 13.1 Å². The Balaban J connectivity index is 2.30. The van der Waals surface area contributed by atoms with E-state index in [1.807, 2.05) is 12.1 Å². The molecule has 0 saturated carbocycles. The largest absolute Gasteiger partial charge is 0.399 e. The molecule has 72 valence electrons. The molecule has 0 unspecified atom stereocenters. The number of nitrogen functional groups attached to an aromatic ring is 1. The van der Waals surface area contributed by atoms with Gasteiger partial charge in [-0.3, -0.25) is 0 Å². The number of nitriles is 1. The minimum absolute atomic E-state index is 0.652. The van der Waals surface area contributed by atoms with Crippen LogP contribution in [0.5, 0.6) is 0 Å². The third-order valence-corrected chi connectivity index (χ3v) is 2.55. The molecule has 0 bridgehead atoms. The van der Waals surface area contributed by atoms with Gasteiger partial charge in [0.05, 0.1) is 11.3 Å². The molecule has 1 fully saturated rings. The Hall–Kier alpha value is -1.69. The van der Waals surface area contributed by atoms with Crippen molar-refractivity contribution in [2.24, 2.45) is 5.92 Å². The Morgan fingerprint density at radius 2 is 2.21 bits per heavy atom. The fourth-order valence-electron chi connectivity index (χ4n) is 1.81. The van der Waals surface area contributed by atoms with E-state index in [1.165, 1.54) is 0 Å². The van der Waals surface area contributed by atoms with E-state index in [4.69, 9.17) is 11.0 Å². The van der Waals surface area contributed by atoms with Crippen molar-refractivity contribution in [2.45, 2.75) is 6.92 Å². The standard InChI is InChI=1S/C11H13N3/c1-8-6-14(7-8)11-3-2-10(13)4-9(11)5-12/h2-4,8H,6-7,13H2,1H3. The van der Waals surface area contributed by atoms with Crippen molar-refractivity contribution in [1.82, 2.24) is 0 Å². The quantitative estimate of drug-likeness (QED) is 0.679. The van der Waals surface area contributed by atoms with Gasteiger partial charge in [-0.05, 0) is 24.1 Å². The third kappa shape index (κ3) is 1.39. The normalized spacial score (nSPS) is 16.1. The Labute approximate surface area is 83.7 Å². The molecule has 0 aliphatic carbocycles. The summed E-state index contributed by atoms with van der Waals surface area (Å²) in [4.78, 5) is 2.21. The number of nitrogens with zero attached hydrogens (tertiary/aromatic N) is 2. The molecule has 2 rings (SSSR count). The average Bonchev–Trinajstić information content (AvgIpc) is 2.13. The van der Waals surface area contributed by atoms with E-state index < -0.39 is 0 Å². The predicted molar refractivity (Wildman–Crippen MR) is 56.9 cm³/mol. The molecule has 0 atom stereocenters. The van der Waals surface area contributed by atoms with Gasteiger partial charge >= 0.3 is 0 Å². The van der Waals surface area contributed by atoms with Crippen LogP contribution >= 0.6 is 0 Å². The van der Waals surface area contributed by atoms with Gasteiger partial charge < -0.3 is 10.6 Å². The molecule has 2 N–H and O–H groups in total. The van der Waals surface area contributed by atoms with Crippen LogP contribution < -0.4 is 10.6 Å². The van der Waals surface area contributed by atoms with Crippen LogP contribution in [0.15, 0.2) is 18.2 Å². The van der Waals surface area contributed by atoms with Crippen molar-refractivity contribution in [3.63, 3.8) is 0 Å². The van der Waals surface area contributed by atoms with Crippen molar-refractivity contribution in [3.8, 4) is 6.07 Å². The summed E-state index contributed by atoms with van der Waals surface area (Å²) in [5.74, 6) is 0.735. The molecule has 3 nitrogen and oxygen atoms in total. The highest BCUT2D eigenvalue weighted by molar-refractivity contribution is 5.65. The summed E-state index contributed by atoms with van der Waals surface area (Å²) in [6.07, 6.45) is 0. The van der Waals surface area contributed by atoms with Crippen LogP contribution in [-0.2, 0) is 0 Å². The Kier molecular flexibility index (Phi) is 2.05. The van der Waals surface area contributed by atoms with E-state index in [1.54, 1.807) is 6.07 Å². The van der Waals surface area contributed by atoms with Gasteiger partial charge in [0.25, 0.3) is 0 Å². The van der Waals surface area contributed by atoms with Gasteiger partial charge in [0, 0.05) is 18.8 Å². The number of anilines is 2. The predicted octanol–water partition coefficient (Wildman–Crippen LogP) is 1.60. The Morgan fingerprint density at radius 3 is 2.79 bits per heavy atom. The molecule has 1 aliphatic rings. The molecule has 0 aromatic heterocycles. The molecule has 3 heteroatoms. The van der Waals surface area contributed by atoms with Crippen molar-refractivity contribution < 1.29 is 0 Å². The molecule has 1 aliphatic heterocycles. The lowest BCUT2D eigenvalue weighted by Gasteiger charge is -2.39. The van der Waals surface area contributed by atoms with Gasteiger partial charge in [-0.1, -0.05) is 6.92 Å². The summed E-state index contributed by atoms with van der Waals surface area (Å²) < 4.78 is 0. The van der Waals surface area contributed by atoms with E-state index in [-0.39, 0.29) is 0 Å². The zero-order chi connectivity index (χ0) is 10.1. The van der Waals surface area contributed by atoms with Crippen LogP contribution in [0.3, 0.4) is 0 Å². The summed E-state index contributed by atoms with van der Waals surface area (Å²) in [6.45, 7) is 4.29. The van der Waals surface area contributed by atoms with Crippen LogP contribution in [0.4, 0.5) is 11.4 Å². The molecule has 1 heterocycles. The first kappa shape index (κ1) is 8.89. The minimum atomic E-state index is 0.652. The maximum atomic E-state index is 8.95. The van der Waals surface area contributed by atoms with Crippen molar-refractivity contribution in [1.29, 1.82) is 5.26 Å². The highest BCUT2D eigenvalue weighted by atomic mass is 15.2. The topological polar surface area (TPSA) is 53.0 Å². The first-order chi connectivity index (χ1) is 6.70. The van der Waals surface area contributed by atoms with Gasteiger partial charge in [-0.15, -0.1) is 0 Å². The molecule has 0 radical (unpaired) electrons. The fourth-order valence-corrected chi connectivity index (χ4v) is 1.81. The number of benzene rings is 1. The number of hydrogen-bond acceptors (Lipinski definition) is 3. The fraction of sp³-hybridized carbons (Fsp3) is 0.364. The second-order valence-electron chi connectivity index (χ2n) is 3.90. The number of nitrogens with two attached hydrogens (primary N) is 1. The first-order valence-corrected chi connectivity index (χ1v) is 4.75. The van der Waals surface area contributed by atoms with E-state index in [0.29, 0.717) is 11.3 Å². The lowest BCUT2D eigenvalue weighted by molar-refractivity contribution is 0.447. The Morgan fingerprint density at radius 1 is 1.50 bits per heavy atom. The minimum Gasteiger partial charge on any atom is -0.399 e. The van der Waals surface area contributed by atoms with Gasteiger partial charge in [0.2, 0.25) is 0 Å². The van der Waals surface area contributed by atoms with Gasteiger partial charge in [-0.25, -0.2) is 0 Å². The van der Waals surface area contributed by atoms with Gasteiger partial charge in [0.15, 0.2) is 0 Å². The van der Waals surface area contributed by atoms with Crippen LogP contribution in [0.25, 0.3) is 0 Å². The highest BCUT2D eigenvalue weighted by Crippen LogP contribution is 2.28. The van der Waals surface area contributed by atoms with E-state index in [2.05, 4.69) is 17.9 Å². The highest BCUT2D eigenvalue weighted by Gasteiger charge is 2.24. The van der Waals surface area contributed by atoms with E-state index in [9.17, 15) is 0 Å². The van der Waals surface area contributed by atoms with Crippen molar-refractivity contribution in [2.75, 3.05) is 23.7 Å². The summed E-state index contributed by atoms with van der Waals surface area (Å²) in [7, 11) is 0. The smallest absolute Gasteiger partial charge is 0.101 e. The summed E-state index contributed by atoms with van der Waals surface area (Å²) >= 11 is 0. The molecule has 0 amide bonds. The zero-order valence-corrected chi connectivity index (χ0v) is 8.20. The SMILES string of the molecule is CC1CN(c2ccc(N)cc2C#N)C1. The van der Waals surface area contributed by atoms with E-state index >= 15 is 0 Å². The van der Waals surface area contributed by atoms with Gasteiger partial charge in [-0.2, -0.15) is 5.26 Å². The molecule has 1 aromatic carbocycles. The molecular formula is C11H13N3. The third-order valence-electron chi connectivity index (χ3n) is 2.55. The first-order valence-electron chi connectivity index (χ1n) is 4.75. The second kappa shape index (κ2) is 3.22. The maximum Gasteiger partial charge on any atom is 0.101 e. The summed E-state index contributed by atoms with van der Waals surface area (Å²) in [5.41, 5.74) is 7.96. The van der Waals surface area contributed by atoms with Gasteiger partial charge in [0.1, 0.15) is 6.07 Å². The molecule has 0 spiro atoms. The monoisotopic (exact) mass is 187 g/mol. The number of hydrogen-bond donors (Lipinski definition) is 1. The summed E-state index contributed by atoms with van der Waals surface area (Å²) in [5, 5.41) is 8.95. The van der Waals surface area contributed by atoms with Crippen molar-refractivity contribution in [3.05, 3.63) is 23.8 Å². The van der Waals surface area contributed by atoms with Crippen molar-refractivity contribution >= 4 is 11.4 Å². The van der Waals surface area contributed by atoms with Crippen LogP contribution in [0, 0.1) is 17.2 Å². The Bertz CT molecular complexity index is 386. The zero-order valence-electron chi connectivity index (χ0n) is 8.20. The lowest BCUT2D eigenvalue weighted by atomic mass is 10.00. The average molecular weight is 187 g/mol. The lowest BCUT2D eigenvalue weighted by Crippen LogP contribution is -2.45. The molecule has 1 aromatic rings. The number of rotatable bonds is 1. The van der Waals surface area contributed by atoms with Crippen LogP contribution in [0.2, 0.25) is 0 Å². The molecular weight excluding hydrogens is 174 g/mol.